The van der Waals surface area contributed by atoms with Gasteiger partial charge in [0, 0.05) is 6.08 Å². The molecule has 1 saturated carbocycles. The second kappa shape index (κ2) is 7.25. The van der Waals surface area contributed by atoms with Crippen LogP contribution < -0.4 is 14.2 Å². The van der Waals surface area contributed by atoms with Crippen LogP contribution in [0, 0.1) is 0 Å². The Morgan fingerprint density at radius 2 is 1.79 bits per heavy atom. The summed E-state index contributed by atoms with van der Waals surface area (Å²) in [7, 11) is -3.60. The predicted molar refractivity (Wildman–Crippen MR) is 90.4 cm³/mol. The normalized spacial score (nSPS) is 18.5. The van der Waals surface area contributed by atoms with Crippen molar-refractivity contribution in [2.45, 2.75) is 37.4 Å². The van der Waals surface area contributed by atoms with E-state index >= 15 is 0 Å². The number of sulfonamides is 1. The van der Waals surface area contributed by atoms with Gasteiger partial charge in [-0.15, -0.1) is 0 Å². The molecule has 7 heteroatoms. The number of hydrogen-bond donors (Lipinski definition) is 1. The van der Waals surface area contributed by atoms with E-state index < -0.39 is 21.2 Å². The van der Waals surface area contributed by atoms with Crippen molar-refractivity contribution in [3.05, 3.63) is 29.8 Å². The van der Waals surface area contributed by atoms with Gasteiger partial charge < -0.3 is 9.47 Å². The summed E-state index contributed by atoms with van der Waals surface area (Å²) < 4.78 is 37.4. The molecule has 1 aromatic carbocycles. The zero-order chi connectivity index (χ0) is 17.0. The van der Waals surface area contributed by atoms with Gasteiger partial charge in [0.05, 0.1) is 5.25 Å². The molecule has 0 radical (unpaired) electrons. The van der Waals surface area contributed by atoms with Gasteiger partial charge in [-0.25, -0.2) is 13.1 Å². The molecule has 3 rings (SSSR count). The highest BCUT2D eigenvalue weighted by molar-refractivity contribution is 7.90. The van der Waals surface area contributed by atoms with Gasteiger partial charge in [-0.3, -0.25) is 4.79 Å². The standard InChI is InChI=1S/C17H21NO5S/c19-17(18-24(20,21)14-4-2-1-3-5-14)9-7-13-6-8-15-16(12-13)23-11-10-22-15/h6-9,12,14H,1-5,10-11H2,(H,18,19)/b9-7+. The monoisotopic (exact) mass is 351 g/mol. The van der Waals surface area contributed by atoms with Crippen LogP contribution in [0.5, 0.6) is 11.5 Å². The quantitative estimate of drug-likeness (QED) is 0.842. The van der Waals surface area contributed by atoms with Crippen molar-refractivity contribution in [2.75, 3.05) is 13.2 Å². The second-order valence-corrected chi connectivity index (χ2v) is 7.97. The van der Waals surface area contributed by atoms with Crippen molar-refractivity contribution in [1.29, 1.82) is 0 Å². The minimum absolute atomic E-state index is 0.460. The summed E-state index contributed by atoms with van der Waals surface area (Å²) in [6, 6.07) is 5.31. The molecule has 0 spiro atoms. The highest BCUT2D eigenvalue weighted by Crippen LogP contribution is 2.31. The molecule has 0 unspecified atom stereocenters. The largest absolute Gasteiger partial charge is 0.486 e. The van der Waals surface area contributed by atoms with E-state index in [0.29, 0.717) is 37.6 Å². The number of carbonyl (C=O) groups excluding carboxylic acids is 1. The van der Waals surface area contributed by atoms with E-state index in [4.69, 9.17) is 9.47 Å². The number of nitrogens with one attached hydrogen (secondary N) is 1. The van der Waals surface area contributed by atoms with Gasteiger partial charge in [0.1, 0.15) is 13.2 Å². The van der Waals surface area contributed by atoms with Crippen LogP contribution in [0.25, 0.3) is 6.08 Å². The molecule has 1 aliphatic carbocycles. The molecule has 1 fully saturated rings. The highest BCUT2D eigenvalue weighted by Gasteiger charge is 2.28. The zero-order valence-corrected chi connectivity index (χ0v) is 14.2. The van der Waals surface area contributed by atoms with Crippen molar-refractivity contribution in [1.82, 2.24) is 4.72 Å². The van der Waals surface area contributed by atoms with Crippen LogP contribution in [0.4, 0.5) is 0 Å². The first-order valence-electron chi connectivity index (χ1n) is 8.18. The minimum Gasteiger partial charge on any atom is -0.486 e. The lowest BCUT2D eigenvalue weighted by atomic mass is 10.0. The molecule has 130 valence electrons. The molecule has 1 N–H and O–H groups in total. The Hall–Kier alpha value is -2.02. The van der Waals surface area contributed by atoms with Crippen LogP contribution in [0.3, 0.4) is 0 Å². The van der Waals surface area contributed by atoms with Crippen LogP contribution in [0.15, 0.2) is 24.3 Å². The van der Waals surface area contributed by atoms with Gasteiger partial charge in [-0.05, 0) is 36.6 Å². The maximum absolute atomic E-state index is 12.2. The molecule has 24 heavy (non-hydrogen) atoms. The first-order valence-corrected chi connectivity index (χ1v) is 9.72. The third kappa shape index (κ3) is 4.08. The smallest absolute Gasteiger partial charge is 0.257 e. The molecule has 1 aliphatic heterocycles. The molecule has 6 nitrogen and oxygen atoms in total. The van der Waals surface area contributed by atoms with Crippen LogP contribution in [-0.2, 0) is 14.8 Å². The van der Waals surface area contributed by atoms with Gasteiger partial charge in [-0.1, -0.05) is 25.3 Å². The van der Waals surface area contributed by atoms with Crippen molar-refractivity contribution in [3.63, 3.8) is 0 Å². The van der Waals surface area contributed by atoms with E-state index in [1.54, 1.807) is 24.3 Å². The lowest BCUT2D eigenvalue weighted by Crippen LogP contribution is -2.38. The zero-order valence-electron chi connectivity index (χ0n) is 13.4. The average Bonchev–Trinajstić information content (AvgIpc) is 2.60. The summed E-state index contributed by atoms with van der Waals surface area (Å²) in [4.78, 5) is 11.9. The summed E-state index contributed by atoms with van der Waals surface area (Å²) >= 11 is 0. The van der Waals surface area contributed by atoms with Crippen LogP contribution in [-0.4, -0.2) is 32.8 Å². The summed E-state index contributed by atoms with van der Waals surface area (Å²) in [5, 5.41) is -0.460. The molecule has 0 bridgehead atoms. The number of benzene rings is 1. The van der Waals surface area contributed by atoms with E-state index in [1.807, 2.05) is 0 Å². The maximum Gasteiger partial charge on any atom is 0.257 e. The van der Waals surface area contributed by atoms with E-state index in [1.165, 1.54) is 6.08 Å². The number of carbonyl (C=O) groups is 1. The molecule has 0 saturated heterocycles. The molecule has 1 heterocycles. The lowest BCUT2D eigenvalue weighted by molar-refractivity contribution is -0.114. The molecule has 1 aromatic rings. The van der Waals surface area contributed by atoms with Gasteiger partial charge in [0.25, 0.3) is 5.91 Å². The fourth-order valence-electron chi connectivity index (χ4n) is 2.97. The summed E-state index contributed by atoms with van der Waals surface area (Å²) in [5.41, 5.74) is 0.740. The summed E-state index contributed by atoms with van der Waals surface area (Å²) in [6.07, 6.45) is 6.88. The van der Waals surface area contributed by atoms with E-state index in [2.05, 4.69) is 4.72 Å². The van der Waals surface area contributed by atoms with Crippen molar-refractivity contribution in [2.24, 2.45) is 0 Å². The third-order valence-corrected chi connectivity index (χ3v) is 6.06. The predicted octanol–water partition coefficient (Wildman–Crippen LogP) is 2.25. The highest BCUT2D eigenvalue weighted by atomic mass is 32.2. The van der Waals surface area contributed by atoms with Crippen LogP contribution in [0.2, 0.25) is 0 Å². The van der Waals surface area contributed by atoms with Gasteiger partial charge in [-0.2, -0.15) is 0 Å². The van der Waals surface area contributed by atoms with Gasteiger partial charge in [0.15, 0.2) is 11.5 Å². The topological polar surface area (TPSA) is 81.7 Å². The number of amides is 1. The van der Waals surface area contributed by atoms with E-state index in [-0.39, 0.29) is 0 Å². The Morgan fingerprint density at radius 3 is 2.54 bits per heavy atom. The van der Waals surface area contributed by atoms with Crippen molar-refractivity contribution >= 4 is 22.0 Å². The molecule has 0 atom stereocenters. The Bertz CT molecular complexity index is 735. The first kappa shape index (κ1) is 16.8. The summed E-state index contributed by atoms with van der Waals surface area (Å²) in [6.45, 7) is 1.00. The van der Waals surface area contributed by atoms with Crippen LogP contribution in [0.1, 0.15) is 37.7 Å². The molecular formula is C17H21NO5S. The first-order chi connectivity index (χ1) is 11.5. The van der Waals surface area contributed by atoms with Crippen molar-refractivity contribution in [3.8, 4) is 11.5 Å². The number of hydrogen-bond acceptors (Lipinski definition) is 5. The SMILES string of the molecule is O=C(/C=C/c1ccc2c(c1)OCCO2)NS(=O)(=O)C1CCCCC1. The number of fused-ring (bicyclic) bond motifs is 1. The number of rotatable bonds is 4. The molecule has 1 amide bonds. The fourth-order valence-corrected chi connectivity index (χ4v) is 4.44. The minimum atomic E-state index is -3.60. The lowest BCUT2D eigenvalue weighted by Gasteiger charge is -2.21. The average molecular weight is 351 g/mol. The molecule has 2 aliphatic rings. The van der Waals surface area contributed by atoms with Gasteiger partial charge in [0.2, 0.25) is 10.0 Å². The Labute approximate surface area is 141 Å². The number of ether oxygens (including phenoxy) is 2. The fraction of sp³-hybridized carbons (Fsp3) is 0.471. The third-order valence-electron chi connectivity index (χ3n) is 4.23. The second-order valence-electron chi connectivity index (χ2n) is 6.01. The maximum atomic E-state index is 12.2. The van der Waals surface area contributed by atoms with Crippen molar-refractivity contribution < 1.29 is 22.7 Å². The molecular weight excluding hydrogens is 330 g/mol. The van der Waals surface area contributed by atoms with Crippen LogP contribution >= 0.6 is 0 Å². The Morgan fingerprint density at radius 1 is 1.08 bits per heavy atom. The molecule has 0 aromatic heterocycles. The van der Waals surface area contributed by atoms with Gasteiger partial charge >= 0.3 is 0 Å². The summed E-state index contributed by atoms with van der Waals surface area (Å²) in [5.74, 6) is 0.664. The Balaban J connectivity index is 1.62. The van der Waals surface area contributed by atoms with E-state index in [0.717, 1.165) is 24.8 Å². The Kier molecular flexibility index (Phi) is 5.08. The van der Waals surface area contributed by atoms with E-state index in [9.17, 15) is 13.2 Å².